The summed E-state index contributed by atoms with van der Waals surface area (Å²) in [7, 11) is -2.98. The third kappa shape index (κ3) is 4.30. The maximum Gasteiger partial charge on any atom is 0.410 e. The van der Waals surface area contributed by atoms with Crippen molar-refractivity contribution in [3.8, 4) is 0 Å². The molecule has 9 nitrogen and oxygen atoms in total. The van der Waals surface area contributed by atoms with Crippen molar-refractivity contribution in [3.63, 3.8) is 0 Å². The highest BCUT2D eigenvalue weighted by Gasteiger charge is 2.63. The molecule has 0 N–H and O–H groups in total. The van der Waals surface area contributed by atoms with Crippen molar-refractivity contribution in [1.29, 1.82) is 0 Å². The van der Waals surface area contributed by atoms with Crippen LogP contribution in [0.5, 0.6) is 0 Å². The smallest absolute Gasteiger partial charge is 0.410 e. The van der Waals surface area contributed by atoms with Crippen LogP contribution in [0.25, 0.3) is 10.9 Å². The zero-order chi connectivity index (χ0) is 28.8. The first kappa shape index (κ1) is 26.8. The summed E-state index contributed by atoms with van der Waals surface area (Å²) in [4.78, 5) is 41.9. The van der Waals surface area contributed by atoms with E-state index in [2.05, 4.69) is 0 Å². The third-order valence-electron chi connectivity index (χ3n) is 8.17. The van der Waals surface area contributed by atoms with Crippen molar-refractivity contribution in [3.05, 3.63) is 102 Å². The molecule has 0 spiro atoms. The molecule has 41 heavy (non-hydrogen) atoms. The Kier molecular flexibility index (Phi) is 6.65. The number of hydrogen-bond acceptors (Lipinski definition) is 7. The summed E-state index contributed by atoms with van der Waals surface area (Å²) in [6.45, 7) is 0.0803. The number of benzene rings is 3. The average Bonchev–Trinajstić information content (AvgIpc) is 3.41. The van der Waals surface area contributed by atoms with Crippen LogP contribution < -0.4 is 0 Å². The van der Waals surface area contributed by atoms with E-state index in [1.807, 2.05) is 30.3 Å². The number of fused-ring (bicyclic) bond motifs is 4. The second-order valence-corrected chi connectivity index (χ2v) is 12.2. The first-order chi connectivity index (χ1) is 19.8. The molecule has 3 heterocycles. The van der Waals surface area contributed by atoms with Crippen LogP contribution in [0.4, 0.5) is 4.79 Å². The number of amides is 1. The van der Waals surface area contributed by atoms with Gasteiger partial charge in [0.1, 0.15) is 17.8 Å². The number of Topliss-reactive ketones (excluding diaryl/α,β-unsaturated/α-hetero) is 1. The molecule has 1 saturated carbocycles. The van der Waals surface area contributed by atoms with Crippen molar-refractivity contribution in [2.24, 2.45) is 5.92 Å². The first-order valence-electron chi connectivity index (χ1n) is 13.3. The fourth-order valence-corrected chi connectivity index (χ4v) is 7.87. The summed E-state index contributed by atoms with van der Waals surface area (Å²) in [5.74, 6) is -1.50. The number of aromatic nitrogens is 1. The van der Waals surface area contributed by atoms with Gasteiger partial charge in [-0.1, -0.05) is 66.7 Å². The highest BCUT2D eigenvalue weighted by Crippen LogP contribution is 2.50. The number of carbonyl (C=O) groups is 3. The Balaban J connectivity index is 1.52. The number of nitrogens with zero attached hydrogens (tertiary/aromatic N) is 2. The third-order valence-corrected chi connectivity index (χ3v) is 9.92. The van der Waals surface area contributed by atoms with Crippen LogP contribution in [0.3, 0.4) is 0 Å². The Morgan fingerprint density at radius 1 is 0.951 bits per heavy atom. The minimum absolute atomic E-state index is 0.00622. The van der Waals surface area contributed by atoms with E-state index in [1.165, 1.54) is 28.1 Å². The number of para-hydroxylation sites is 1. The summed E-state index contributed by atoms with van der Waals surface area (Å²) in [5, 5.41) is 0.594. The molecule has 0 unspecified atom stereocenters. The van der Waals surface area contributed by atoms with Crippen LogP contribution >= 0.6 is 0 Å². The largest absolute Gasteiger partial charge is 0.468 e. The van der Waals surface area contributed by atoms with Gasteiger partial charge in [-0.3, -0.25) is 9.59 Å². The van der Waals surface area contributed by atoms with Gasteiger partial charge in [0.25, 0.3) is 10.0 Å². The molecule has 10 heteroatoms. The quantitative estimate of drug-likeness (QED) is 0.317. The minimum Gasteiger partial charge on any atom is -0.468 e. The van der Waals surface area contributed by atoms with Crippen molar-refractivity contribution >= 4 is 38.8 Å². The van der Waals surface area contributed by atoms with Gasteiger partial charge < -0.3 is 14.4 Å². The maximum absolute atomic E-state index is 14.2. The fourth-order valence-electron chi connectivity index (χ4n) is 6.26. The lowest BCUT2D eigenvalue weighted by molar-refractivity contribution is -0.160. The lowest BCUT2D eigenvalue weighted by Crippen LogP contribution is -2.68. The Morgan fingerprint density at radius 3 is 2.29 bits per heavy atom. The molecule has 3 aromatic carbocycles. The van der Waals surface area contributed by atoms with Crippen LogP contribution in [0.2, 0.25) is 0 Å². The van der Waals surface area contributed by atoms with Crippen molar-refractivity contribution < 1.29 is 32.3 Å². The predicted octanol–water partition coefficient (Wildman–Crippen LogP) is 4.29. The Bertz CT molecular complexity index is 1750. The monoisotopic (exact) mass is 572 g/mol. The van der Waals surface area contributed by atoms with Gasteiger partial charge >= 0.3 is 12.1 Å². The normalized spacial score (nSPS) is 22.1. The van der Waals surface area contributed by atoms with Crippen LogP contribution in [0.15, 0.2) is 95.9 Å². The number of ether oxygens (including phenoxy) is 2. The molecule has 2 saturated heterocycles. The van der Waals surface area contributed by atoms with E-state index in [9.17, 15) is 22.8 Å². The number of esters is 1. The zero-order valence-corrected chi connectivity index (χ0v) is 23.1. The van der Waals surface area contributed by atoms with Gasteiger partial charge in [0.15, 0.2) is 0 Å². The lowest BCUT2D eigenvalue weighted by atomic mass is 9.60. The summed E-state index contributed by atoms with van der Waals surface area (Å²) in [5.41, 5.74) is -0.330. The molecule has 210 valence electrons. The molecule has 1 aliphatic carbocycles. The molecule has 1 amide bonds. The SMILES string of the molecule is COC(=O)[C@]1(c2cc3ccccc3n2S(=O)(=O)c2ccccc2)C[C@H]2CN(C(=O)OCc3ccccc3)[C@@H]1CC2=O. The molecule has 2 bridgehead atoms. The molecule has 0 radical (unpaired) electrons. The van der Waals surface area contributed by atoms with Gasteiger partial charge in [-0.05, 0) is 36.2 Å². The Morgan fingerprint density at radius 2 is 1.61 bits per heavy atom. The molecule has 1 aromatic heterocycles. The van der Waals surface area contributed by atoms with E-state index in [-0.39, 0.29) is 42.4 Å². The van der Waals surface area contributed by atoms with Crippen molar-refractivity contribution in [2.45, 2.75) is 35.8 Å². The van der Waals surface area contributed by atoms with Gasteiger partial charge in [0.05, 0.1) is 29.3 Å². The summed E-state index contributed by atoms with van der Waals surface area (Å²) >= 11 is 0. The van der Waals surface area contributed by atoms with Crippen LogP contribution in [0.1, 0.15) is 24.1 Å². The standard InChI is InChI=1S/C31H28N2O7S/c1-39-29(35)31(18-23-19-32(27(31)17-26(23)34)30(36)40-20-21-10-4-2-5-11-21)28-16-22-12-8-9-15-25(22)33(28)41(37,38)24-13-6-3-7-14-24/h2-16,23,27H,17-20H2,1H3/t23-,27+,31+/m0/s1. The summed E-state index contributed by atoms with van der Waals surface area (Å²) < 4.78 is 40.5. The Hall–Kier alpha value is -4.44. The first-order valence-corrected chi connectivity index (χ1v) is 14.7. The number of rotatable bonds is 6. The van der Waals surface area contributed by atoms with Crippen LogP contribution in [-0.2, 0) is 41.1 Å². The molecule has 7 rings (SSSR count). The van der Waals surface area contributed by atoms with Crippen molar-refractivity contribution in [1.82, 2.24) is 8.87 Å². The van der Waals surface area contributed by atoms with Gasteiger partial charge in [0, 0.05) is 24.3 Å². The molecule has 2 aliphatic heterocycles. The van der Waals surface area contributed by atoms with E-state index in [1.54, 1.807) is 48.5 Å². The summed E-state index contributed by atoms with van der Waals surface area (Å²) in [6.07, 6.45) is -0.808. The Labute approximate surface area is 237 Å². The predicted molar refractivity (Wildman–Crippen MR) is 150 cm³/mol. The molecule has 3 aliphatic rings. The number of hydrogen-bond donors (Lipinski definition) is 0. The highest BCUT2D eigenvalue weighted by atomic mass is 32.2. The van der Waals surface area contributed by atoms with Gasteiger partial charge in [0.2, 0.25) is 0 Å². The van der Waals surface area contributed by atoms with E-state index >= 15 is 0 Å². The topological polar surface area (TPSA) is 112 Å². The second kappa shape index (κ2) is 10.2. The van der Waals surface area contributed by atoms with Crippen LogP contribution in [-0.4, -0.2) is 54.8 Å². The van der Waals surface area contributed by atoms with E-state index in [0.29, 0.717) is 10.9 Å². The molecular weight excluding hydrogens is 544 g/mol. The summed E-state index contributed by atoms with van der Waals surface area (Å²) in [6, 6.07) is 24.7. The highest BCUT2D eigenvalue weighted by molar-refractivity contribution is 7.90. The zero-order valence-electron chi connectivity index (χ0n) is 22.3. The van der Waals surface area contributed by atoms with Gasteiger partial charge in [-0.15, -0.1) is 0 Å². The molecule has 4 aromatic rings. The number of piperidine rings is 2. The van der Waals surface area contributed by atoms with Crippen molar-refractivity contribution in [2.75, 3.05) is 13.7 Å². The lowest BCUT2D eigenvalue weighted by Gasteiger charge is -2.53. The van der Waals surface area contributed by atoms with E-state index in [4.69, 9.17) is 9.47 Å². The molecule has 3 atom stereocenters. The number of methoxy groups -OCH3 is 1. The van der Waals surface area contributed by atoms with E-state index < -0.39 is 39.5 Å². The van der Waals surface area contributed by atoms with Gasteiger partial charge in [-0.2, -0.15) is 0 Å². The second-order valence-electron chi connectivity index (χ2n) is 10.4. The number of carbonyl (C=O) groups excluding carboxylic acids is 3. The molecular formula is C31H28N2O7S. The minimum atomic E-state index is -4.21. The van der Waals surface area contributed by atoms with Crippen LogP contribution in [0, 0.1) is 5.92 Å². The van der Waals surface area contributed by atoms with E-state index in [0.717, 1.165) is 5.56 Å². The average molecular weight is 573 g/mol. The molecule has 3 fully saturated rings. The fraction of sp³-hybridized carbons (Fsp3) is 0.258. The maximum atomic E-state index is 14.2. The van der Waals surface area contributed by atoms with Gasteiger partial charge in [-0.25, -0.2) is 17.2 Å². The number of ketones is 1.